The van der Waals surface area contributed by atoms with Gasteiger partial charge in [-0.3, -0.25) is 4.79 Å². The van der Waals surface area contributed by atoms with Gasteiger partial charge in [0.1, 0.15) is 19.0 Å². The average molecular weight is 316 g/mol. The van der Waals surface area contributed by atoms with E-state index in [1.165, 1.54) is 0 Å². The first-order valence-electron chi connectivity index (χ1n) is 7.64. The molecule has 1 aromatic carbocycles. The molecule has 0 saturated heterocycles. The Bertz CT molecular complexity index is 655. The molecule has 1 aromatic heterocycles. The number of benzene rings is 1. The highest BCUT2D eigenvalue weighted by atomic mass is 16.6. The molecule has 0 aliphatic carbocycles. The van der Waals surface area contributed by atoms with Gasteiger partial charge in [-0.05, 0) is 36.8 Å². The van der Waals surface area contributed by atoms with Crippen LogP contribution in [0.25, 0.3) is 0 Å². The predicted molar refractivity (Wildman–Crippen MR) is 84.4 cm³/mol. The number of hydrogen-bond donors (Lipinski definition) is 2. The summed E-state index contributed by atoms with van der Waals surface area (Å²) in [5, 5.41) is 6.00. The molecule has 1 amide bonds. The van der Waals surface area contributed by atoms with Crippen LogP contribution in [0, 0.1) is 0 Å². The summed E-state index contributed by atoms with van der Waals surface area (Å²) in [6.45, 7) is 3.77. The number of hydrogen-bond acceptors (Lipinski definition) is 5. The third-order valence-electron chi connectivity index (χ3n) is 3.67. The highest BCUT2D eigenvalue weighted by molar-refractivity contribution is 5.77. The topological polar surface area (TPSA) is 72.7 Å². The van der Waals surface area contributed by atoms with E-state index in [0.717, 1.165) is 22.8 Å². The molecule has 2 N–H and O–H groups in total. The molecule has 0 bridgehead atoms. The molecule has 1 unspecified atom stereocenters. The average Bonchev–Trinajstić information content (AvgIpc) is 3.11. The minimum Gasteiger partial charge on any atom is -0.486 e. The first-order valence-corrected chi connectivity index (χ1v) is 7.64. The zero-order chi connectivity index (χ0) is 16.1. The molecule has 1 aliphatic heterocycles. The van der Waals surface area contributed by atoms with E-state index in [2.05, 4.69) is 10.6 Å². The van der Waals surface area contributed by atoms with Crippen molar-refractivity contribution < 1.29 is 18.7 Å². The van der Waals surface area contributed by atoms with E-state index >= 15 is 0 Å². The van der Waals surface area contributed by atoms with E-state index in [9.17, 15) is 4.79 Å². The lowest BCUT2D eigenvalue weighted by Gasteiger charge is -2.21. The minimum atomic E-state index is -0.0780. The van der Waals surface area contributed by atoms with Crippen molar-refractivity contribution in [2.45, 2.75) is 19.5 Å². The Labute approximate surface area is 134 Å². The second-order valence-corrected chi connectivity index (χ2v) is 5.36. The van der Waals surface area contributed by atoms with E-state index in [-0.39, 0.29) is 18.5 Å². The van der Waals surface area contributed by atoms with Crippen LogP contribution >= 0.6 is 0 Å². The van der Waals surface area contributed by atoms with E-state index in [1.54, 1.807) is 12.3 Å². The minimum absolute atomic E-state index is 0.0280. The normalized spacial score (nSPS) is 14.3. The monoisotopic (exact) mass is 316 g/mol. The first kappa shape index (κ1) is 15.4. The van der Waals surface area contributed by atoms with Gasteiger partial charge in [0.2, 0.25) is 5.91 Å². The third kappa shape index (κ3) is 4.04. The van der Waals surface area contributed by atoms with Gasteiger partial charge in [0.05, 0.1) is 19.4 Å². The van der Waals surface area contributed by atoms with Crippen LogP contribution in [-0.4, -0.2) is 25.7 Å². The molecule has 0 fully saturated rings. The highest BCUT2D eigenvalue weighted by Crippen LogP contribution is 2.32. The molecule has 0 saturated carbocycles. The number of rotatable bonds is 6. The first-order chi connectivity index (χ1) is 11.2. The Balaban J connectivity index is 1.48. The highest BCUT2D eigenvalue weighted by Gasteiger charge is 2.15. The molecule has 1 aliphatic rings. The number of furan rings is 1. The Morgan fingerprint density at radius 2 is 2.04 bits per heavy atom. The Morgan fingerprint density at radius 1 is 1.22 bits per heavy atom. The van der Waals surface area contributed by atoms with Crippen LogP contribution in [0.15, 0.2) is 41.0 Å². The van der Waals surface area contributed by atoms with Crippen LogP contribution in [0.1, 0.15) is 24.3 Å². The van der Waals surface area contributed by atoms with Gasteiger partial charge in [-0.1, -0.05) is 6.07 Å². The largest absolute Gasteiger partial charge is 0.486 e. The van der Waals surface area contributed by atoms with Crippen molar-refractivity contribution in [3.05, 3.63) is 47.9 Å². The molecule has 6 heteroatoms. The summed E-state index contributed by atoms with van der Waals surface area (Å²) in [6.07, 6.45) is 1.59. The van der Waals surface area contributed by atoms with E-state index < -0.39 is 0 Å². The van der Waals surface area contributed by atoms with Crippen molar-refractivity contribution in [2.24, 2.45) is 0 Å². The molecule has 0 spiro atoms. The van der Waals surface area contributed by atoms with Crippen LogP contribution in [-0.2, 0) is 11.3 Å². The molecule has 3 rings (SSSR count). The second kappa shape index (κ2) is 7.19. The third-order valence-corrected chi connectivity index (χ3v) is 3.67. The van der Waals surface area contributed by atoms with Crippen molar-refractivity contribution in [2.75, 3.05) is 19.8 Å². The molecule has 1 atom stereocenters. The van der Waals surface area contributed by atoms with Crippen LogP contribution < -0.4 is 20.1 Å². The van der Waals surface area contributed by atoms with Gasteiger partial charge in [-0.15, -0.1) is 0 Å². The maximum atomic E-state index is 11.8. The van der Waals surface area contributed by atoms with Gasteiger partial charge in [0.15, 0.2) is 11.5 Å². The van der Waals surface area contributed by atoms with Crippen molar-refractivity contribution >= 4 is 5.91 Å². The number of amides is 1. The quantitative estimate of drug-likeness (QED) is 0.853. The molecule has 122 valence electrons. The maximum absolute atomic E-state index is 11.8. The van der Waals surface area contributed by atoms with Crippen LogP contribution in [0.2, 0.25) is 0 Å². The Morgan fingerprint density at radius 3 is 2.83 bits per heavy atom. The second-order valence-electron chi connectivity index (χ2n) is 5.36. The molecule has 6 nitrogen and oxygen atoms in total. The lowest BCUT2D eigenvalue weighted by atomic mass is 10.1. The van der Waals surface area contributed by atoms with Crippen molar-refractivity contribution in [3.63, 3.8) is 0 Å². The fourth-order valence-electron chi connectivity index (χ4n) is 2.35. The Kier molecular flexibility index (Phi) is 4.83. The van der Waals surface area contributed by atoms with Gasteiger partial charge < -0.3 is 24.5 Å². The number of carbonyl (C=O) groups excluding carboxylic acids is 1. The van der Waals surface area contributed by atoms with Crippen LogP contribution in [0.3, 0.4) is 0 Å². The lowest BCUT2D eigenvalue weighted by Crippen LogP contribution is -2.34. The SMILES string of the molecule is CC(NCC(=O)NCc1ccco1)c1ccc2c(c1)OCCO2. The number of ether oxygens (including phenoxy) is 2. The van der Waals surface area contributed by atoms with Gasteiger partial charge in [-0.2, -0.15) is 0 Å². The van der Waals surface area contributed by atoms with Gasteiger partial charge in [-0.25, -0.2) is 0 Å². The summed E-state index contributed by atoms with van der Waals surface area (Å²) in [6, 6.07) is 9.48. The van der Waals surface area contributed by atoms with Gasteiger partial charge in [0, 0.05) is 6.04 Å². The zero-order valence-electron chi connectivity index (χ0n) is 13.0. The molecular formula is C17H20N2O4. The standard InChI is InChI=1S/C17H20N2O4/c1-12(13-4-5-15-16(9-13)23-8-7-22-15)18-11-17(20)19-10-14-3-2-6-21-14/h2-6,9,12,18H,7-8,10-11H2,1H3,(H,19,20). The van der Waals surface area contributed by atoms with Crippen LogP contribution in [0.5, 0.6) is 11.5 Å². The maximum Gasteiger partial charge on any atom is 0.234 e. The smallest absolute Gasteiger partial charge is 0.234 e. The fourth-order valence-corrected chi connectivity index (χ4v) is 2.35. The molecular weight excluding hydrogens is 296 g/mol. The lowest BCUT2D eigenvalue weighted by molar-refractivity contribution is -0.120. The van der Waals surface area contributed by atoms with Crippen LogP contribution in [0.4, 0.5) is 0 Å². The molecule has 2 heterocycles. The summed E-state index contributed by atoms with van der Waals surface area (Å²) in [4.78, 5) is 11.8. The van der Waals surface area contributed by atoms with Crippen molar-refractivity contribution in [1.29, 1.82) is 0 Å². The number of carbonyl (C=O) groups is 1. The summed E-state index contributed by atoms with van der Waals surface area (Å²) in [5.41, 5.74) is 1.05. The predicted octanol–water partition coefficient (Wildman–Crippen LogP) is 2.02. The Hall–Kier alpha value is -2.47. The number of fused-ring (bicyclic) bond motifs is 1. The fraction of sp³-hybridized carbons (Fsp3) is 0.353. The number of nitrogens with one attached hydrogen (secondary N) is 2. The molecule has 0 radical (unpaired) electrons. The van der Waals surface area contributed by atoms with Gasteiger partial charge in [0.25, 0.3) is 0 Å². The van der Waals surface area contributed by atoms with Crippen molar-refractivity contribution in [1.82, 2.24) is 10.6 Å². The molecule has 23 heavy (non-hydrogen) atoms. The van der Waals surface area contributed by atoms with E-state index in [4.69, 9.17) is 13.9 Å². The van der Waals surface area contributed by atoms with Gasteiger partial charge >= 0.3 is 0 Å². The summed E-state index contributed by atoms with van der Waals surface area (Å²) >= 11 is 0. The zero-order valence-corrected chi connectivity index (χ0v) is 13.0. The van der Waals surface area contributed by atoms with E-state index in [1.807, 2.05) is 31.2 Å². The summed E-state index contributed by atoms with van der Waals surface area (Å²) < 4.78 is 16.3. The van der Waals surface area contributed by atoms with Crippen molar-refractivity contribution in [3.8, 4) is 11.5 Å². The van der Waals surface area contributed by atoms with E-state index in [0.29, 0.717) is 19.8 Å². The summed E-state index contributed by atoms with van der Waals surface area (Å²) in [7, 11) is 0. The summed E-state index contributed by atoms with van der Waals surface area (Å²) in [5.74, 6) is 2.18. The molecule has 2 aromatic rings.